The van der Waals surface area contributed by atoms with Crippen LogP contribution in [0.2, 0.25) is 0 Å². The summed E-state index contributed by atoms with van der Waals surface area (Å²) < 4.78 is 0. The van der Waals surface area contributed by atoms with Gasteiger partial charge in [0.05, 0.1) is 0 Å². The van der Waals surface area contributed by atoms with E-state index >= 15 is 0 Å². The van der Waals surface area contributed by atoms with Crippen LogP contribution in [0.5, 0.6) is 0 Å². The molecule has 2 aliphatic rings. The van der Waals surface area contributed by atoms with Gasteiger partial charge in [-0.25, -0.2) is 0 Å². The van der Waals surface area contributed by atoms with E-state index in [1.165, 1.54) is 39.0 Å². The molecule has 0 aromatic heterocycles. The van der Waals surface area contributed by atoms with Crippen LogP contribution in [0, 0.1) is 17.3 Å². The van der Waals surface area contributed by atoms with Crippen molar-refractivity contribution in [2.45, 2.75) is 66.5 Å². The third kappa shape index (κ3) is 3.33. The Labute approximate surface area is 120 Å². The highest BCUT2D eigenvalue weighted by atomic mass is 15.3. The highest BCUT2D eigenvalue weighted by Crippen LogP contribution is 2.33. The number of rotatable bonds is 4. The van der Waals surface area contributed by atoms with E-state index in [1.807, 2.05) is 0 Å². The van der Waals surface area contributed by atoms with Crippen molar-refractivity contribution in [1.82, 2.24) is 9.80 Å². The summed E-state index contributed by atoms with van der Waals surface area (Å²) in [5, 5.41) is 0. The molecule has 0 saturated carbocycles. The van der Waals surface area contributed by atoms with Crippen molar-refractivity contribution in [3.63, 3.8) is 0 Å². The van der Waals surface area contributed by atoms with Gasteiger partial charge in [-0.05, 0) is 36.6 Å². The maximum atomic E-state index is 2.82. The van der Waals surface area contributed by atoms with Gasteiger partial charge < -0.3 is 0 Å². The fourth-order valence-corrected chi connectivity index (χ4v) is 3.62. The summed E-state index contributed by atoms with van der Waals surface area (Å²) in [7, 11) is 0. The maximum absolute atomic E-state index is 2.82. The Bertz CT molecular complexity index is 296. The molecule has 0 aromatic carbocycles. The fourth-order valence-electron chi connectivity index (χ4n) is 3.62. The normalized spacial score (nSPS) is 30.3. The van der Waals surface area contributed by atoms with Crippen molar-refractivity contribution in [3.8, 4) is 0 Å². The monoisotopic (exact) mass is 266 g/mol. The molecule has 2 aliphatic heterocycles. The van der Waals surface area contributed by atoms with E-state index in [2.05, 4.69) is 51.3 Å². The lowest BCUT2D eigenvalue weighted by Gasteiger charge is -2.48. The molecule has 0 aliphatic carbocycles. The molecule has 112 valence electrons. The quantitative estimate of drug-likeness (QED) is 0.769. The van der Waals surface area contributed by atoms with Gasteiger partial charge in [-0.3, -0.25) is 9.80 Å². The number of fused-ring (bicyclic) bond motifs is 1. The van der Waals surface area contributed by atoms with Crippen molar-refractivity contribution in [3.05, 3.63) is 0 Å². The lowest BCUT2D eigenvalue weighted by Crippen LogP contribution is -2.59. The Kier molecular flexibility index (Phi) is 4.62. The topological polar surface area (TPSA) is 6.48 Å². The molecule has 0 N–H and O–H groups in total. The van der Waals surface area contributed by atoms with E-state index in [-0.39, 0.29) is 0 Å². The molecule has 2 fully saturated rings. The van der Waals surface area contributed by atoms with Crippen LogP contribution in [0.1, 0.15) is 54.4 Å². The highest BCUT2D eigenvalue weighted by Gasteiger charge is 2.39. The molecular formula is C17H34N2. The molecule has 0 amide bonds. The van der Waals surface area contributed by atoms with E-state index in [0.29, 0.717) is 5.41 Å². The van der Waals surface area contributed by atoms with E-state index in [0.717, 1.165) is 23.9 Å². The standard InChI is InChI=1S/C17H34N2/c1-13(2)16-11-18-9-7-8-15(18)10-19(16)12-17(5,6)14(3)4/h13-16H,7-12H2,1-6H3. The smallest absolute Gasteiger partial charge is 0.0247 e. The number of hydrogen-bond donors (Lipinski definition) is 0. The van der Waals surface area contributed by atoms with Gasteiger partial charge in [0.15, 0.2) is 0 Å². The van der Waals surface area contributed by atoms with Crippen LogP contribution in [0.3, 0.4) is 0 Å². The number of piperazine rings is 1. The lowest BCUT2D eigenvalue weighted by atomic mass is 9.79. The Morgan fingerprint density at radius 2 is 1.79 bits per heavy atom. The first-order valence-electron chi connectivity index (χ1n) is 8.29. The summed E-state index contributed by atoms with van der Waals surface area (Å²) in [5.74, 6) is 1.52. The second kappa shape index (κ2) is 5.73. The van der Waals surface area contributed by atoms with Gasteiger partial charge in [-0.15, -0.1) is 0 Å². The lowest BCUT2D eigenvalue weighted by molar-refractivity contribution is -0.00220. The molecule has 0 spiro atoms. The minimum Gasteiger partial charge on any atom is -0.298 e. The molecule has 0 bridgehead atoms. The van der Waals surface area contributed by atoms with Crippen molar-refractivity contribution >= 4 is 0 Å². The molecule has 2 heterocycles. The van der Waals surface area contributed by atoms with Gasteiger partial charge in [-0.2, -0.15) is 0 Å². The van der Waals surface area contributed by atoms with Gasteiger partial charge in [0.25, 0.3) is 0 Å². The van der Waals surface area contributed by atoms with Crippen molar-refractivity contribution in [2.24, 2.45) is 17.3 Å². The zero-order valence-corrected chi connectivity index (χ0v) is 13.9. The van der Waals surface area contributed by atoms with Crippen LogP contribution in [-0.2, 0) is 0 Å². The van der Waals surface area contributed by atoms with E-state index in [9.17, 15) is 0 Å². The molecule has 0 aromatic rings. The highest BCUT2D eigenvalue weighted by molar-refractivity contribution is 4.95. The van der Waals surface area contributed by atoms with Crippen LogP contribution in [0.25, 0.3) is 0 Å². The van der Waals surface area contributed by atoms with Crippen molar-refractivity contribution in [1.29, 1.82) is 0 Å². The number of nitrogens with zero attached hydrogens (tertiary/aromatic N) is 2. The Balaban J connectivity index is 2.07. The van der Waals surface area contributed by atoms with Crippen LogP contribution in [-0.4, -0.2) is 48.1 Å². The van der Waals surface area contributed by atoms with Gasteiger partial charge >= 0.3 is 0 Å². The van der Waals surface area contributed by atoms with E-state index in [4.69, 9.17) is 0 Å². The largest absolute Gasteiger partial charge is 0.298 e. The third-order valence-corrected chi connectivity index (χ3v) is 5.78. The van der Waals surface area contributed by atoms with Crippen LogP contribution >= 0.6 is 0 Å². The minimum atomic E-state index is 0.425. The second-order valence-electron chi connectivity index (χ2n) is 8.18. The SMILES string of the molecule is CC(C)C1CN2CCCC2CN1CC(C)(C)C(C)C. The molecular weight excluding hydrogens is 232 g/mol. The van der Waals surface area contributed by atoms with Crippen molar-refractivity contribution < 1.29 is 0 Å². The predicted molar refractivity (Wildman–Crippen MR) is 83.4 cm³/mol. The first kappa shape index (κ1) is 15.3. The molecule has 0 radical (unpaired) electrons. The third-order valence-electron chi connectivity index (χ3n) is 5.78. The zero-order chi connectivity index (χ0) is 14.2. The summed E-state index contributed by atoms with van der Waals surface area (Å²) >= 11 is 0. The number of hydrogen-bond acceptors (Lipinski definition) is 2. The molecule has 2 rings (SSSR count). The molecule has 2 atom stereocenters. The summed E-state index contributed by atoms with van der Waals surface area (Å²) in [6.07, 6.45) is 2.83. The van der Waals surface area contributed by atoms with E-state index < -0.39 is 0 Å². The van der Waals surface area contributed by atoms with Crippen molar-refractivity contribution in [2.75, 3.05) is 26.2 Å². The average Bonchev–Trinajstić information content (AvgIpc) is 2.73. The van der Waals surface area contributed by atoms with Gasteiger partial charge in [-0.1, -0.05) is 41.5 Å². The molecule has 19 heavy (non-hydrogen) atoms. The molecule has 2 unspecified atom stereocenters. The Hall–Kier alpha value is -0.0800. The summed E-state index contributed by atoms with van der Waals surface area (Å²) in [5.41, 5.74) is 0.425. The maximum Gasteiger partial charge on any atom is 0.0247 e. The van der Waals surface area contributed by atoms with Crippen LogP contribution in [0.15, 0.2) is 0 Å². The van der Waals surface area contributed by atoms with Gasteiger partial charge in [0, 0.05) is 31.7 Å². The summed E-state index contributed by atoms with van der Waals surface area (Å²) in [6, 6.07) is 1.60. The van der Waals surface area contributed by atoms with Gasteiger partial charge in [0.2, 0.25) is 0 Å². The predicted octanol–water partition coefficient (Wildman–Crippen LogP) is 3.47. The van der Waals surface area contributed by atoms with E-state index in [1.54, 1.807) is 0 Å². The molecule has 2 nitrogen and oxygen atoms in total. The molecule has 2 saturated heterocycles. The Morgan fingerprint density at radius 3 is 2.37 bits per heavy atom. The Morgan fingerprint density at radius 1 is 1.11 bits per heavy atom. The molecule has 2 heteroatoms. The fraction of sp³-hybridized carbons (Fsp3) is 1.00. The minimum absolute atomic E-state index is 0.425. The second-order valence-corrected chi connectivity index (χ2v) is 8.18. The first-order chi connectivity index (χ1) is 8.81. The first-order valence-corrected chi connectivity index (χ1v) is 8.29. The summed E-state index contributed by atoms with van der Waals surface area (Å²) in [4.78, 5) is 5.57. The average molecular weight is 266 g/mol. The van der Waals surface area contributed by atoms with Crippen LogP contribution < -0.4 is 0 Å². The summed E-state index contributed by atoms with van der Waals surface area (Å²) in [6.45, 7) is 19.6. The van der Waals surface area contributed by atoms with Crippen LogP contribution in [0.4, 0.5) is 0 Å². The zero-order valence-electron chi connectivity index (χ0n) is 13.9. The van der Waals surface area contributed by atoms with Gasteiger partial charge in [0.1, 0.15) is 0 Å².